The molecule has 0 spiro atoms. The van der Waals surface area contributed by atoms with Crippen LogP contribution < -0.4 is 5.73 Å². The molecule has 0 bridgehead atoms. The van der Waals surface area contributed by atoms with Gasteiger partial charge >= 0.3 is 19.8 Å². The summed E-state index contributed by atoms with van der Waals surface area (Å²) in [5, 5.41) is 0. The van der Waals surface area contributed by atoms with Gasteiger partial charge in [-0.25, -0.2) is 4.57 Å². The maximum absolute atomic E-state index is 12.5. The smallest absolute Gasteiger partial charge is 0.462 e. The lowest BCUT2D eigenvalue weighted by molar-refractivity contribution is -0.161. The van der Waals surface area contributed by atoms with Crippen LogP contribution in [-0.4, -0.2) is 49.3 Å². The van der Waals surface area contributed by atoms with Crippen molar-refractivity contribution < 1.29 is 37.6 Å². The average Bonchev–Trinajstić information content (AvgIpc) is 3.02. The van der Waals surface area contributed by atoms with Gasteiger partial charge in [-0.3, -0.25) is 18.6 Å². The second kappa shape index (κ2) is 32.4. The molecule has 0 radical (unpaired) electrons. The van der Waals surface area contributed by atoms with E-state index in [0.717, 1.165) is 70.6 Å². The number of hydrogen-bond acceptors (Lipinski definition) is 8. The van der Waals surface area contributed by atoms with Gasteiger partial charge in [0.25, 0.3) is 0 Å². The third-order valence-electron chi connectivity index (χ3n) is 7.31. The van der Waals surface area contributed by atoms with E-state index in [1.807, 2.05) is 0 Å². The van der Waals surface area contributed by atoms with Crippen molar-refractivity contribution in [3.63, 3.8) is 0 Å². The van der Waals surface area contributed by atoms with Crippen LogP contribution >= 0.6 is 7.82 Å². The van der Waals surface area contributed by atoms with Gasteiger partial charge in [-0.05, 0) is 57.8 Å². The Labute approximate surface area is 274 Å². The minimum Gasteiger partial charge on any atom is -0.462 e. The van der Waals surface area contributed by atoms with Crippen LogP contribution in [0.25, 0.3) is 0 Å². The molecule has 0 rings (SSSR count). The molecule has 0 aromatic rings. The predicted octanol–water partition coefficient (Wildman–Crippen LogP) is 9.27. The minimum absolute atomic E-state index is 0.0505. The summed E-state index contributed by atoms with van der Waals surface area (Å²) in [7, 11) is -4.37. The molecule has 45 heavy (non-hydrogen) atoms. The summed E-state index contributed by atoms with van der Waals surface area (Å²) in [6.45, 7) is 3.63. The number of carbonyl (C=O) groups is 2. The second-order valence-electron chi connectivity index (χ2n) is 11.7. The van der Waals surface area contributed by atoms with Gasteiger partial charge < -0.3 is 20.1 Å². The summed E-state index contributed by atoms with van der Waals surface area (Å²) in [5.41, 5.74) is 5.32. The summed E-state index contributed by atoms with van der Waals surface area (Å²) >= 11 is 0. The summed E-state index contributed by atoms with van der Waals surface area (Å²) in [6.07, 6.45) is 30.7. The Morgan fingerprint density at radius 3 is 1.67 bits per heavy atom. The standard InChI is InChI=1S/C35H66NO8P/c1-3-5-7-9-11-13-15-16-18-20-22-24-26-28-35(38)44-33(32-43-45(39,40)42-30-29-36)31-41-34(37)27-25-23-21-19-17-14-12-10-8-6-4-2/h10,12,16,18,33H,3-9,11,13-15,17,19-32,36H2,1-2H3,(H,39,40)/b12-10+,18-16+/t33-/m1/s1. The maximum Gasteiger partial charge on any atom is 0.472 e. The number of ether oxygens (including phenoxy) is 2. The molecule has 0 heterocycles. The fraction of sp³-hybridized carbons (Fsp3) is 0.829. The Hall–Kier alpha value is -1.51. The van der Waals surface area contributed by atoms with Gasteiger partial charge in [-0.2, -0.15) is 0 Å². The third kappa shape index (κ3) is 32.2. The lowest BCUT2D eigenvalue weighted by atomic mass is 10.1. The van der Waals surface area contributed by atoms with Crippen molar-refractivity contribution in [2.45, 2.75) is 161 Å². The van der Waals surface area contributed by atoms with Crippen LogP contribution in [0.5, 0.6) is 0 Å². The van der Waals surface area contributed by atoms with Crippen molar-refractivity contribution in [3.8, 4) is 0 Å². The summed E-state index contributed by atoms with van der Waals surface area (Å²) in [5.74, 6) is -0.861. The Kier molecular flexibility index (Phi) is 31.3. The van der Waals surface area contributed by atoms with Crippen LogP contribution in [0.15, 0.2) is 24.3 Å². The second-order valence-corrected chi connectivity index (χ2v) is 13.2. The highest BCUT2D eigenvalue weighted by atomic mass is 31.2. The van der Waals surface area contributed by atoms with Crippen LogP contribution in [0.1, 0.15) is 155 Å². The van der Waals surface area contributed by atoms with Crippen molar-refractivity contribution in [2.24, 2.45) is 5.73 Å². The van der Waals surface area contributed by atoms with Crippen molar-refractivity contribution >= 4 is 19.8 Å². The zero-order valence-electron chi connectivity index (χ0n) is 28.6. The molecule has 0 saturated carbocycles. The first-order valence-electron chi connectivity index (χ1n) is 17.8. The van der Waals surface area contributed by atoms with E-state index in [1.54, 1.807) is 0 Å². The molecular weight excluding hydrogens is 593 g/mol. The molecule has 0 aliphatic heterocycles. The van der Waals surface area contributed by atoms with E-state index >= 15 is 0 Å². The highest BCUT2D eigenvalue weighted by Gasteiger charge is 2.25. The van der Waals surface area contributed by atoms with E-state index in [-0.39, 0.29) is 32.6 Å². The van der Waals surface area contributed by atoms with Gasteiger partial charge in [0, 0.05) is 19.4 Å². The Bertz CT molecular complexity index is 805. The SMILES string of the molecule is CCCC/C=C/CCCCCCCC(=O)OC[C@H](COP(=O)(O)OCCN)OC(=O)CCCCC/C=C/CCCCCCCC. The number of phosphoric ester groups is 1. The third-order valence-corrected chi connectivity index (χ3v) is 8.29. The summed E-state index contributed by atoms with van der Waals surface area (Å²) in [4.78, 5) is 34.6. The van der Waals surface area contributed by atoms with E-state index in [4.69, 9.17) is 24.3 Å². The van der Waals surface area contributed by atoms with Gasteiger partial charge in [-0.15, -0.1) is 0 Å². The number of esters is 2. The maximum atomic E-state index is 12.5. The molecule has 2 atom stereocenters. The predicted molar refractivity (Wildman–Crippen MR) is 183 cm³/mol. The molecule has 0 aliphatic rings. The molecular formula is C35H66NO8P. The molecule has 264 valence electrons. The minimum atomic E-state index is -4.37. The first kappa shape index (κ1) is 43.5. The Balaban J connectivity index is 4.30. The highest BCUT2D eigenvalue weighted by Crippen LogP contribution is 2.43. The van der Waals surface area contributed by atoms with Gasteiger partial charge in [0.15, 0.2) is 6.10 Å². The van der Waals surface area contributed by atoms with Gasteiger partial charge in [-0.1, -0.05) is 109 Å². The number of unbranched alkanes of at least 4 members (excludes halogenated alkanes) is 16. The van der Waals surface area contributed by atoms with Crippen molar-refractivity contribution in [1.82, 2.24) is 0 Å². The lowest BCUT2D eigenvalue weighted by Crippen LogP contribution is -2.29. The first-order valence-corrected chi connectivity index (χ1v) is 19.3. The van der Waals surface area contributed by atoms with Crippen molar-refractivity contribution in [2.75, 3.05) is 26.4 Å². The van der Waals surface area contributed by atoms with Crippen molar-refractivity contribution in [3.05, 3.63) is 24.3 Å². The molecule has 0 aromatic carbocycles. The molecule has 0 fully saturated rings. The molecule has 0 saturated heterocycles. The Morgan fingerprint density at radius 1 is 0.644 bits per heavy atom. The zero-order valence-corrected chi connectivity index (χ0v) is 29.5. The van der Waals surface area contributed by atoms with E-state index in [1.165, 1.54) is 51.4 Å². The monoisotopic (exact) mass is 659 g/mol. The van der Waals surface area contributed by atoms with E-state index in [2.05, 4.69) is 38.2 Å². The largest absolute Gasteiger partial charge is 0.472 e. The van der Waals surface area contributed by atoms with Crippen LogP contribution in [0, 0.1) is 0 Å². The summed E-state index contributed by atoms with van der Waals surface area (Å²) in [6, 6.07) is 0. The topological polar surface area (TPSA) is 134 Å². The first-order chi connectivity index (χ1) is 21.8. The quantitative estimate of drug-likeness (QED) is 0.0306. The molecule has 3 N–H and O–H groups in total. The van der Waals surface area contributed by atoms with Gasteiger partial charge in [0.05, 0.1) is 13.2 Å². The fourth-order valence-electron chi connectivity index (χ4n) is 4.61. The summed E-state index contributed by atoms with van der Waals surface area (Å²) < 4.78 is 32.5. The number of allylic oxidation sites excluding steroid dienone is 4. The number of nitrogens with two attached hydrogens (primary N) is 1. The molecule has 10 heteroatoms. The van der Waals surface area contributed by atoms with Crippen LogP contribution in [0.2, 0.25) is 0 Å². The van der Waals surface area contributed by atoms with E-state index in [0.29, 0.717) is 6.42 Å². The molecule has 9 nitrogen and oxygen atoms in total. The van der Waals surface area contributed by atoms with Crippen LogP contribution in [0.3, 0.4) is 0 Å². The fourth-order valence-corrected chi connectivity index (χ4v) is 5.37. The normalized spacial score (nSPS) is 13.8. The molecule has 0 amide bonds. The average molecular weight is 660 g/mol. The lowest BCUT2D eigenvalue weighted by Gasteiger charge is -2.19. The Morgan fingerprint density at radius 2 is 1.11 bits per heavy atom. The number of rotatable bonds is 33. The number of carbonyl (C=O) groups excluding carboxylic acids is 2. The zero-order chi connectivity index (χ0) is 33.3. The van der Waals surface area contributed by atoms with Crippen LogP contribution in [-0.2, 0) is 32.7 Å². The molecule has 0 aromatic heterocycles. The van der Waals surface area contributed by atoms with Gasteiger partial charge in [0.1, 0.15) is 6.61 Å². The number of hydrogen-bond donors (Lipinski definition) is 2. The van der Waals surface area contributed by atoms with Crippen molar-refractivity contribution in [1.29, 1.82) is 0 Å². The van der Waals surface area contributed by atoms with E-state index in [9.17, 15) is 19.0 Å². The van der Waals surface area contributed by atoms with E-state index < -0.39 is 32.5 Å². The van der Waals surface area contributed by atoms with Gasteiger partial charge in [0.2, 0.25) is 0 Å². The number of phosphoric acid groups is 1. The highest BCUT2D eigenvalue weighted by molar-refractivity contribution is 7.47. The molecule has 1 unspecified atom stereocenters. The molecule has 0 aliphatic carbocycles. The van der Waals surface area contributed by atoms with Crippen LogP contribution in [0.4, 0.5) is 0 Å².